The van der Waals surface area contributed by atoms with Crippen LogP contribution in [0.15, 0.2) is 48.5 Å². The first-order valence-corrected chi connectivity index (χ1v) is 13.1. The first-order valence-electron chi connectivity index (χ1n) is 13.1. The van der Waals surface area contributed by atoms with E-state index in [9.17, 15) is 4.79 Å². The summed E-state index contributed by atoms with van der Waals surface area (Å²) >= 11 is 0. The maximum Gasteiger partial charge on any atom is 0.237 e. The highest BCUT2D eigenvalue weighted by Gasteiger charge is 2.46. The van der Waals surface area contributed by atoms with Crippen molar-refractivity contribution in [2.45, 2.75) is 65.1 Å². The first-order chi connectivity index (χ1) is 16.9. The zero-order valence-electron chi connectivity index (χ0n) is 21.8. The van der Waals surface area contributed by atoms with Gasteiger partial charge in [0.15, 0.2) is 0 Å². The van der Waals surface area contributed by atoms with Crippen LogP contribution in [0.1, 0.15) is 57.6 Å². The summed E-state index contributed by atoms with van der Waals surface area (Å²) in [5, 5.41) is 4.42. The highest BCUT2D eigenvalue weighted by molar-refractivity contribution is 5.76. The Hall–Kier alpha value is -2.57. The zero-order chi connectivity index (χ0) is 24.8. The summed E-state index contributed by atoms with van der Waals surface area (Å²) in [7, 11) is 2.19. The van der Waals surface area contributed by atoms with Gasteiger partial charge in [-0.15, -0.1) is 0 Å². The average molecular weight is 480 g/mol. The van der Waals surface area contributed by atoms with Crippen molar-refractivity contribution in [3.63, 3.8) is 0 Å². The van der Waals surface area contributed by atoms with Gasteiger partial charge in [0.25, 0.3) is 0 Å². The van der Waals surface area contributed by atoms with E-state index in [2.05, 4.69) is 55.1 Å². The summed E-state index contributed by atoms with van der Waals surface area (Å²) in [5.74, 6) is 2.46. The normalized spacial score (nSPS) is 18.9. The molecule has 6 nitrogen and oxygen atoms in total. The number of ether oxygens (including phenoxy) is 2. The molecule has 2 aromatic carbocycles. The third-order valence-electron chi connectivity index (χ3n) is 7.25. The van der Waals surface area contributed by atoms with Gasteiger partial charge in [-0.1, -0.05) is 38.1 Å². The Morgan fingerprint density at radius 2 is 1.43 bits per heavy atom. The molecule has 2 fully saturated rings. The van der Waals surface area contributed by atoms with E-state index in [4.69, 9.17) is 9.47 Å². The van der Waals surface area contributed by atoms with Crippen LogP contribution in [0.25, 0.3) is 0 Å². The van der Waals surface area contributed by atoms with Crippen LogP contribution < -0.4 is 9.47 Å². The summed E-state index contributed by atoms with van der Waals surface area (Å²) in [6.07, 6.45) is 3.69. The lowest BCUT2D eigenvalue weighted by Crippen LogP contribution is -2.64. The summed E-state index contributed by atoms with van der Waals surface area (Å²) in [5.41, 5.74) is 2.33. The Morgan fingerprint density at radius 3 is 2.00 bits per heavy atom. The molecule has 0 aliphatic carbocycles. The van der Waals surface area contributed by atoms with E-state index >= 15 is 0 Å². The van der Waals surface area contributed by atoms with Crippen LogP contribution in [0.4, 0.5) is 0 Å². The van der Waals surface area contributed by atoms with E-state index in [-0.39, 0.29) is 11.4 Å². The standard InChI is InChI=1S/C29H41N3O3/c1-5-34-26-10-8-25(9-11-26)21-32-29(16-18-30(4)19-17-29)15-14-28(33)31(32)20-24-6-12-27(13-7-24)35-22-23(2)3/h6-13,23H,5,14-22H2,1-4H3. The third kappa shape index (κ3) is 6.36. The number of hydrogen-bond donors (Lipinski definition) is 0. The van der Waals surface area contributed by atoms with Gasteiger partial charge in [-0.05, 0) is 87.6 Å². The van der Waals surface area contributed by atoms with E-state index in [0.29, 0.717) is 32.1 Å². The molecule has 0 saturated carbocycles. The molecule has 190 valence electrons. The molecular formula is C29H41N3O3. The van der Waals surface area contributed by atoms with Crippen LogP contribution in [0.3, 0.4) is 0 Å². The van der Waals surface area contributed by atoms with Gasteiger partial charge >= 0.3 is 0 Å². The van der Waals surface area contributed by atoms with E-state index in [1.54, 1.807) is 0 Å². The Labute approximate surface area is 210 Å². The molecule has 2 heterocycles. The van der Waals surface area contributed by atoms with Crippen LogP contribution in [-0.4, -0.2) is 59.7 Å². The smallest absolute Gasteiger partial charge is 0.237 e. The molecule has 2 aliphatic rings. The fourth-order valence-corrected chi connectivity index (χ4v) is 5.12. The number of amides is 1. The molecule has 2 aliphatic heterocycles. The molecule has 4 rings (SSSR count). The lowest BCUT2D eigenvalue weighted by Gasteiger charge is -2.55. The van der Waals surface area contributed by atoms with Gasteiger partial charge in [0.05, 0.1) is 19.8 Å². The minimum absolute atomic E-state index is 0.0132. The largest absolute Gasteiger partial charge is 0.494 e. The SMILES string of the molecule is CCOc1ccc(CN2N(Cc3ccc(OCC(C)C)cc3)C(=O)CCC23CCN(C)CC3)cc1. The molecular weight excluding hydrogens is 438 g/mol. The van der Waals surface area contributed by atoms with Gasteiger partial charge in [0.1, 0.15) is 11.5 Å². The molecule has 0 unspecified atom stereocenters. The number of rotatable bonds is 9. The molecule has 6 heteroatoms. The van der Waals surface area contributed by atoms with E-state index in [1.165, 1.54) is 5.56 Å². The van der Waals surface area contributed by atoms with Gasteiger partial charge in [-0.2, -0.15) is 0 Å². The van der Waals surface area contributed by atoms with Crippen LogP contribution in [0.2, 0.25) is 0 Å². The maximum atomic E-state index is 13.3. The number of benzene rings is 2. The lowest BCUT2D eigenvalue weighted by molar-refractivity contribution is -0.191. The second-order valence-corrected chi connectivity index (χ2v) is 10.5. The molecule has 1 amide bonds. The van der Waals surface area contributed by atoms with E-state index < -0.39 is 0 Å². The number of likely N-dealkylation sites (tertiary alicyclic amines) is 1. The van der Waals surface area contributed by atoms with E-state index in [1.807, 2.05) is 36.2 Å². The van der Waals surface area contributed by atoms with Gasteiger partial charge in [0.2, 0.25) is 5.91 Å². The Balaban J connectivity index is 1.56. The van der Waals surface area contributed by atoms with Gasteiger partial charge in [-0.3, -0.25) is 9.80 Å². The summed E-state index contributed by atoms with van der Waals surface area (Å²) in [6.45, 7) is 11.1. The van der Waals surface area contributed by atoms with Crippen molar-refractivity contribution in [2.75, 3.05) is 33.4 Å². The average Bonchev–Trinajstić information content (AvgIpc) is 2.86. The number of carbonyl (C=O) groups is 1. The number of piperidine rings is 1. The molecule has 35 heavy (non-hydrogen) atoms. The second-order valence-electron chi connectivity index (χ2n) is 10.5. The van der Waals surface area contributed by atoms with Crippen molar-refractivity contribution < 1.29 is 14.3 Å². The molecule has 0 radical (unpaired) electrons. The molecule has 2 saturated heterocycles. The van der Waals surface area contributed by atoms with Crippen LogP contribution >= 0.6 is 0 Å². The summed E-state index contributed by atoms with van der Waals surface area (Å²) < 4.78 is 11.5. The highest BCUT2D eigenvalue weighted by atomic mass is 16.5. The summed E-state index contributed by atoms with van der Waals surface area (Å²) in [6, 6.07) is 16.6. The Bertz CT molecular complexity index is 950. The quantitative estimate of drug-likeness (QED) is 0.499. The monoisotopic (exact) mass is 479 g/mol. The molecule has 0 aromatic heterocycles. The first kappa shape index (κ1) is 25.5. The Kier molecular flexibility index (Phi) is 8.34. The minimum Gasteiger partial charge on any atom is -0.494 e. The van der Waals surface area contributed by atoms with Crippen molar-refractivity contribution in [3.05, 3.63) is 59.7 Å². The number of hydrogen-bond acceptors (Lipinski definition) is 5. The molecule has 1 spiro atoms. The molecule has 2 aromatic rings. The topological polar surface area (TPSA) is 45.3 Å². The summed E-state index contributed by atoms with van der Waals surface area (Å²) in [4.78, 5) is 15.7. The van der Waals surface area contributed by atoms with Crippen molar-refractivity contribution in [3.8, 4) is 11.5 Å². The highest BCUT2D eigenvalue weighted by Crippen LogP contribution is 2.40. The predicted octanol–water partition coefficient (Wildman–Crippen LogP) is 5.12. The molecule has 0 N–H and O–H groups in total. The fraction of sp³-hybridized carbons (Fsp3) is 0.552. The Morgan fingerprint density at radius 1 is 0.857 bits per heavy atom. The molecule has 0 bridgehead atoms. The number of carbonyl (C=O) groups excluding carboxylic acids is 1. The third-order valence-corrected chi connectivity index (χ3v) is 7.25. The van der Waals surface area contributed by atoms with Crippen molar-refractivity contribution in [1.82, 2.24) is 14.9 Å². The zero-order valence-corrected chi connectivity index (χ0v) is 21.8. The van der Waals surface area contributed by atoms with Crippen LogP contribution in [-0.2, 0) is 17.9 Å². The van der Waals surface area contributed by atoms with Gasteiger partial charge in [0, 0.05) is 18.5 Å². The van der Waals surface area contributed by atoms with E-state index in [0.717, 1.165) is 56.0 Å². The van der Waals surface area contributed by atoms with Gasteiger partial charge in [-0.25, -0.2) is 5.01 Å². The van der Waals surface area contributed by atoms with Crippen molar-refractivity contribution >= 4 is 5.91 Å². The molecule has 0 atom stereocenters. The number of hydrazine groups is 1. The minimum atomic E-state index is 0.0132. The lowest BCUT2D eigenvalue weighted by atomic mass is 9.80. The van der Waals surface area contributed by atoms with Gasteiger partial charge < -0.3 is 14.4 Å². The second kappa shape index (κ2) is 11.4. The van der Waals surface area contributed by atoms with Crippen LogP contribution in [0, 0.1) is 5.92 Å². The predicted molar refractivity (Wildman–Crippen MR) is 139 cm³/mol. The fourth-order valence-electron chi connectivity index (χ4n) is 5.12. The van der Waals surface area contributed by atoms with Crippen LogP contribution in [0.5, 0.6) is 11.5 Å². The van der Waals surface area contributed by atoms with Crippen molar-refractivity contribution in [2.24, 2.45) is 5.92 Å². The van der Waals surface area contributed by atoms with Crippen molar-refractivity contribution in [1.29, 1.82) is 0 Å². The number of nitrogens with zero attached hydrogens (tertiary/aromatic N) is 3. The maximum absolute atomic E-state index is 13.3.